The molecule has 0 radical (unpaired) electrons. The lowest BCUT2D eigenvalue weighted by Crippen LogP contribution is -2.26. The van der Waals surface area contributed by atoms with Gasteiger partial charge in [0.2, 0.25) is 0 Å². The van der Waals surface area contributed by atoms with Gasteiger partial charge < -0.3 is 5.11 Å². The minimum atomic E-state index is -3.79. The first-order chi connectivity index (χ1) is 13.7. The molecule has 1 aliphatic heterocycles. The van der Waals surface area contributed by atoms with E-state index >= 15 is 0 Å². The standard InChI is InChI=1S/C21H23FINO4S/c1-24-19-10-7-6-9-15(19)14(8-4-2-3-5-11-21(25)26)16-12-17(22)18(23)13-20(16)29(24,27)28/h6-7,9-10,12-14H,2-5,8,11H2,1H3,(H,25,26). The van der Waals surface area contributed by atoms with Gasteiger partial charge in [-0.1, -0.05) is 37.5 Å². The molecule has 1 atom stereocenters. The lowest BCUT2D eigenvalue weighted by atomic mass is 9.85. The summed E-state index contributed by atoms with van der Waals surface area (Å²) >= 11 is 1.82. The number of hydrogen-bond donors (Lipinski definition) is 1. The smallest absolute Gasteiger partial charge is 0.303 e. The van der Waals surface area contributed by atoms with Crippen LogP contribution in [0, 0.1) is 9.39 Å². The predicted octanol–water partition coefficient (Wildman–Crippen LogP) is 5.13. The summed E-state index contributed by atoms with van der Waals surface area (Å²) in [5.74, 6) is -1.46. The number of para-hydroxylation sites is 1. The number of fused-ring (bicyclic) bond motifs is 2. The van der Waals surface area contributed by atoms with Crippen LogP contribution in [0.2, 0.25) is 0 Å². The number of benzene rings is 2. The van der Waals surface area contributed by atoms with E-state index in [4.69, 9.17) is 5.11 Å². The molecule has 2 aromatic rings. The van der Waals surface area contributed by atoms with Crippen molar-refractivity contribution in [1.82, 2.24) is 0 Å². The summed E-state index contributed by atoms with van der Waals surface area (Å²) in [6.07, 6.45) is 3.89. The zero-order valence-electron chi connectivity index (χ0n) is 16.1. The van der Waals surface area contributed by atoms with Gasteiger partial charge in [0.15, 0.2) is 0 Å². The Morgan fingerprint density at radius 2 is 1.83 bits per heavy atom. The van der Waals surface area contributed by atoms with Crippen molar-refractivity contribution in [3.8, 4) is 0 Å². The quantitative estimate of drug-likeness (QED) is 0.398. The monoisotopic (exact) mass is 531 g/mol. The Balaban J connectivity index is 1.98. The maximum absolute atomic E-state index is 14.4. The number of aliphatic carboxylic acids is 1. The van der Waals surface area contributed by atoms with E-state index in [0.717, 1.165) is 24.8 Å². The minimum absolute atomic E-state index is 0.151. The molecule has 156 valence electrons. The molecule has 8 heteroatoms. The number of anilines is 1. The van der Waals surface area contributed by atoms with Crippen LogP contribution in [0.1, 0.15) is 55.6 Å². The van der Waals surface area contributed by atoms with Crippen LogP contribution < -0.4 is 4.31 Å². The van der Waals surface area contributed by atoms with Gasteiger partial charge in [-0.05, 0) is 64.8 Å². The van der Waals surface area contributed by atoms with E-state index in [2.05, 4.69) is 0 Å². The van der Waals surface area contributed by atoms with Crippen LogP contribution in [-0.2, 0) is 14.8 Å². The largest absolute Gasteiger partial charge is 0.481 e. The van der Waals surface area contributed by atoms with E-state index in [0.29, 0.717) is 24.1 Å². The average Bonchev–Trinajstić information content (AvgIpc) is 2.74. The Morgan fingerprint density at radius 1 is 1.14 bits per heavy atom. The number of rotatable bonds is 7. The molecule has 5 nitrogen and oxygen atoms in total. The third-order valence-electron chi connectivity index (χ3n) is 5.35. The van der Waals surface area contributed by atoms with Crippen LogP contribution >= 0.6 is 22.6 Å². The van der Waals surface area contributed by atoms with Crippen molar-refractivity contribution < 1.29 is 22.7 Å². The van der Waals surface area contributed by atoms with Crippen molar-refractivity contribution in [3.63, 3.8) is 0 Å². The molecule has 1 N–H and O–H groups in total. The van der Waals surface area contributed by atoms with Crippen molar-refractivity contribution in [3.05, 3.63) is 56.9 Å². The molecule has 1 unspecified atom stereocenters. The molecule has 0 amide bonds. The van der Waals surface area contributed by atoms with Gasteiger partial charge >= 0.3 is 5.97 Å². The van der Waals surface area contributed by atoms with E-state index in [1.165, 1.54) is 23.5 Å². The molecule has 0 bridgehead atoms. The topological polar surface area (TPSA) is 74.7 Å². The van der Waals surface area contributed by atoms with E-state index in [9.17, 15) is 17.6 Å². The maximum Gasteiger partial charge on any atom is 0.303 e. The molecule has 0 spiro atoms. The lowest BCUT2D eigenvalue weighted by molar-refractivity contribution is -0.137. The van der Waals surface area contributed by atoms with Crippen LogP contribution in [-0.4, -0.2) is 26.5 Å². The molecule has 2 aromatic carbocycles. The molecule has 0 aromatic heterocycles. The number of carbonyl (C=O) groups is 1. The first-order valence-electron chi connectivity index (χ1n) is 9.52. The number of carboxylic acids is 1. The van der Waals surface area contributed by atoms with Gasteiger partial charge in [-0.15, -0.1) is 0 Å². The molecule has 29 heavy (non-hydrogen) atoms. The molecule has 0 saturated heterocycles. The van der Waals surface area contributed by atoms with Gasteiger partial charge in [0.25, 0.3) is 10.0 Å². The molecule has 3 rings (SSSR count). The molecular formula is C21H23FINO4S. The van der Waals surface area contributed by atoms with Gasteiger partial charge in [0.1, 0.15) is 5.82 Å². The summed E-state index contributed by atoms with van der Waals surface area (Å²) in [6, 6.07) is 10.1. The zero-order chi connectivity index (χ0) is 21.2. The van der Waals surface area contributed by atoms with Crippen molar-refractivity contribution in [1.29, 1.82) is 0 Å². The number of nitrogens with zero attached hydrogens (tertiary/aromatic N) is 1. The van der Waals surface area contributed by atoms with E-state index in [-0.39, 0.29) is 20.8 Å². The summed E-state index contributed by atoms with van der Waals surface area (Å²) < 4.78 is 42.4. The maximum atomic E-state index is 14.4. The second-order valence-corrected chi connectivity index (χ2v) is 10.3. The summed E-state index contributed by atoms with van der Waals surface area (Å²) in [5, 5.41) is 8.75. The van der Waals surface area contributed by atoms with E-state index in [1.807, 2.05) is 34.7 Å². The van der Waals surface area contributed by atoms with Gasteiger partial charge in [-0.2, -0.15) is 0 Å². The second kappa shape index (κ2) is 8.99. The fourth-order valence-electron chi connectivity index (χ4n) is 3.84. The Hall–Kier alpha value is -1.68. The zero-order valence-corrected chi connectivity index (χ0v) is 19.0. The summed E-state index contributed by atoms with van der Waals surface area (Å²) in [5.41, 5.74) is 1.96. The van der Waals surface area contributed by atoms with Crippen LogP contribution in [0.4, 0.5) is 10.1 Å². The number of hydrogen-bond acceptors (Lipinski definition) is 3. The predicted molar refractivity (Wildman–Crippen MR) is 118 cm³/mol. The number of carboxylic acid groups (broad SMARTS) is 1. The van der Waals surface area contributed by atoms with Crippen molar-refractivity contribution in [2.24, 2.45) is 0 Å². The summed E-state index contributed by atoms with van der Waals surface area (Å²) in [7, 11) is -2.26. The van der Waals surface area contributed by atoms with E-state index < -0.39 is 21.8 Å². The average molecular weight is 531 g/mol. The fourth-order valence-corrected chi connectivity index (χ4v) is 6.01. The third kappa shape index (κ3) is 4.58. The normalized spacial score (nSPS) is 17.3. The van der Waals surface area contributed by atoms with E-state index in [1.54, 1.807) is 12.1 Å². The van der Waals surface area contributed by atoms with Crippen LogP contribution in [0.5, 0.6) is 0 Å². The highest BCUT2D eigenvalue weighted by molar-refractivity contribution is 14.1. The van der Waals surface area contributed by atoms with Crippen molar-refractivity contribution in [2.75, 3.05) is 11.4 Å². The molecule has 1 aliphatic rings. The Kier molecular flexibility index (Phi) is 6.83. The van der Waals surface area contributed by atoms with Crippen molar-refractivity contribution >= 4 is 44.3 Å². The summed E-state index contributed by atoms with van der Waals surface area (Å²) in [4.78, 5) is 10.8. The molecule has 1 heterocycles. The number of halogens is 2. The molecule has 0 aliphatic carbocycles. The van der Waals surface area contributed by atoms with Crippen LogP contribution in [0.25, 0.3) is 0 Å². The van der Waals surface area contributed by atoms with Gasteiger partial charge in [-0.3, -0.25) is 9.10 Å². The Bertz CT molecular complexity index is 1030. The number of unbranched alkanes of at least 4 members (excludes halogenated alkanes) is 3. The molecule has 0 fully saturated rings. The first-order valence-corrected chi connectivity index (χ1v) is 12.0. The minimum Gasteiger partial charge on any atom is -0.481 e. The highest BCUT2D eigenvalue weighted by Gasteiger charge is 2.35. The van der Waals surface area contributed by atoms with Gasteiger partial charge in [-0.25, -0.2) is 12.8 Å². The highest BCUT2D eigenvalue weighted by atomic mass is 127. The molecule has 0 saturated carbocycles. The van der Waals surface area contributed by atoms with Crippen LogP contribution in [0.3, 0.4) is 0 Å². The fraction of sp³-hybridized carbons (Fsp3) is 0.381. The Morgan fingerprint density at radius 3 is 2.55 bits per heavy atom. The summed E-state index contributed by atoms with van der Waals surface area (Å²) in [6.45, 7) is 0. The Labute approximate surface area is 184 Å². The highest BCUT2D eigenvalue weighted by Crippen LogP contribution is 2.44. The van der Waals surface area contributed by atoms with Crippen molar-refractivity contribution in [2.45, 2.75) is 49.3 Å². The molecular weight excluding hydrogens is 508 g/mol. The lowest BCUT2D eigenvalue weighted by Gasteiger charge is -2.21. The van der Waals surface area contributed by atoms with Gasteiger partial charge in [0.05, 0.1) is 14.2 Å². The van der Waals surface area contributed by atoms with Crippen LogP contribution in [0.15, 0.2) is 41.3 Å². The number of sulfonamides is 1. The third-order valence-corrected chi connectivity index (χ3v) is 8.01. The van der Waals surface area contributed by atoms with Gasteiger partial charge in [0, 0.05) is 19.4 Å². The second-order valence-electron chi connectivity index (χ2n) is 7.23. The SMILES string of the molecule is CN1c2ccccc2C(CCCCCCC(=O)O)c2cc(F)c(I)cc2S1(=O)=O. The first kappa shape index (κ1) is 22.0.